The molecule has 2 amide bonds. The van der Waals surface area contributed by atoms with Crippen LogP contribution in [0.15, 0.2) is 64.4 Å². The first-order valence-corrected chi connectivity index (χ1v) is 10.8. The first-order chi connectivity index (χ1) is 12.8. The van der Waals surface area contributed by atoms with E-state index in [9.17, 15) is 18.0 Å². The Morgan fingerprint density at radius 1 is 0.963 bits per heavy atom. The molecule has 0 spiro atoms. The minimum Gasteiger partial charge on any atom is -0.269 e. The first kappa shape index (κ1) is 19.3. The van der Waals surface area contributed by atoms with E-state index in [-0.39, 0.29) is 23.3 Å². The maximum Gasteiger partial charge on any atom is 0.268 e. The number of carbonyl (C=O) groups is 2. The maximum atomic E-state index is 13.0. The van der Waals surface area contributed by atoms with Crippen LogP contribution < -0.4 is 5.14 Å². The van der Waals surface area contributed by atoms with E-state index in [1.165, 1.54) is 28.8 Å². The third-order valence-electron chi connectivity index (χ3n) is 4.07. The summed E-state index contributed by atoms with van der Waals surface area (Å²) in [5, 5.41) is 5.09. The average Bonchev–Trinajstić information content (AvgIpc) is 2.87. The quantitative estimate of drug-likeness (QED) is 0.748. The third-order valence-corrected chi connectivity index (χ3v) is 5.95. The highest BCUT2D eigenvalue weighted by Crippen LogP contribution is 2.36. The van der Waals surface area contributed by atoms with E-state index < -0.39 is 10.0 Å². The highest BCUT2D eigenvalue weighted by Gasteiger charge is 2.38. The summed E-state index contributed by atoms with van der Waals surface area (Å²) >= 11 is 1.35. The number of hydrogen-bond acceptors (Lipinski definition) is 5. The molecular weight excluding hydrogens is 384 g/mol. The number of amides is 2. The molecule has 0 atom stereocenters. The van der Waals surface area contributed by atoms with Crippen molar-refractivity contribution in [2.45, 2.75) is 18.4 Å². The van der Waals surface area contributed by atoms with Gasteiger partial charge in [-0.3, -0.25) is 14.5 Å². The standard InChI is InChI=1S/C19H18N2O4S2/c1-2-26-17-16(14-6-4-3-5-7-14)18(22)21(19(17)23)12-13-8-10-15(11-9-13)27(20,24)25/h3-11H,2,12H2,1H3,(H2,20,24,25). The number of nitrogens with zero attached hydrogens (tertiary/aromatic N) is 1. The molecule has 3 rings (SSSR count). The van der Waals surface area contributed by atoms with Crippen LogP contribution in [0.2, 0.25) is 0 Å². The molecule has 0 bridgehead atoms. The molecule has 1 aliphatic rings. The summed E-state index contributed by atoms with van der Waals surface area (Å²) in [6, 6.07) is 14.9. The molecule has 0 radical (unpaired) electrons. The summed E-state index contributed by atoms with van der Waals surface area (Å²) in [5.41, 5.74) is 1.76. The molecule has 2 aromatic carbocycles. The van der Waals surface area contributed by atoms with Gasteiger partial charge in [0.2, 0.25) is 10.0 Å². The Morgan fingerprint density at radius 3 is 2.15 bits per heavy atom. The lowest BCUT2D eigenvalue weighted by atomic mass is 10.1. The Hall–Kier alpha value is -2.42. The third kappa shape index (κ3) is 3.97. The summed E-state index contributed by atoms with van der Waals surface area (Å²) in [5.74, 6) is -0.0133. The molecule has 8 heteroatoms. The van der Waals surface area contributed by atoms with Gasteiger partial charge in [0.05, 0.1) is 21.9 Å². The van der Waals surface area contributed by atoms with Gasteiger partial charge < -0.3 is 0 Å². The zero-order valence-electron chi connectivity index (χ0n) is 14.6. The number of thioether (sulfide) groups is 1. The number of carbonyl (C=O) groups excluding carboxylic acids is 2. The number of imide groups is 1. The fourth-order valence-electron chi connectivity index (χ4n) is 2.80. The molecule has 2 aromatic rings. The van der Waals surface area contributed by atoms with Crippen molar-refractivity contribution in [3.8, 4) is 0 Å². The predicted octanol–water partition coefficient (Wildman–Crippen LogP) is 2.37. The molecule has 2 N–H and O–H groups in total. The molecule has 0 saturated heterocycles. The molecule has 140 valence electrons. The Kier molecular flexibility index (Phi) is 5.50. The van der Waals surface area contributed by atoms with Crippen molar-refractivity contribution in [2.24, 2.45) is 5.14 Å². The average molecular weight is 402 g/mol. The van der Waals surface area contributed by atoms with Gasteiger partial charge in [-0.25, -0.2) is 13.6 Å². The summed E-state index contributed by atoms with van der Waals surface area (Å²) in [7, 11) is -3.79. The van der Waals surface area contributed by atoms with E-state index in [1.807, 2.05) is 25.1 Å². The normalized spacial score (nSPS) is 15.0. The number of rotatable bonds is 6. The van der Waals surface area contributed by atoms with Crippen LogP contribution in [0.25, 0.3) is 5.57 Å². The second kappa shape index (κ2) is 7.67. The van der Waals surface area contributed by atoms with E-state index in [4.69, 9.17) is 5.14 Å². The number of benzene rings is 2. The van der Waals surface area contributed by atoms with Crippen molar-refractivity contribution in [1.82, 2.24) is 4.90 Å². The predicted molar refractivity (Wildman–Crippen MR) is 105 cm³/mol. The molecule has 1 heterocycles. The molecule has 0 aliphatic carbocycles. The van der Waals surface area contributed by atoms with E-state index in [2.05, 4.69) is 0 Å². The summed E-state index contributed by atoms with van der Waals surface area (Å²) in [6.07, 6.45) is 0. The van der Waals surface area contributed by atoms with Crippen LogP contribution in [-0.4, -0.2) is 30.9 Å². The van der Waals surface area contributed by atoms with Crippen LogP contribution >= 0.6 is 11.8 Å². The molecule has 1 aliphatic heterocycles. The van der Waals surface area contributed by atoms with Gasteiger partial charge in [-0.05, 0) is 29.0 Å². The SMILES string of the molecule is CCSC1=C(c2ccccc2)C(=O)N(Cc2ccc(S(N)(=O)=O)cc2)C1=O. The minimum atomic E-state index is -3.79. The van der Waals surface area contributed by atoms with Crippen molar-refractivity contribution in [3.63, 3.8) is 0 Å². The Labute approximate surface area is 162 Å². The van der Waals surface area contributed by atoms with Crippen molar-refractivity contribution in [3.05, 3.63) is 70.6 Å². The fourth-order valence-corrected chi connectivity index (χ4v) is 4.19. The summed E-state index contributed by atoms with van der Waals surface area (Å²) in [6.45, 7) is 1.99. The van der Waals surface area contributed by atoms with Gasteiger partial charge in [0.1, 0.15) is 0 Å². The molecule has 0 fully saturated rings. The molecule has 6 nitrogen and oxygen atoms in total. The van der Waals surface area contributed by atoms with Crippen molar-refractivity contribution >= 4 is 39.2 Å². The van der Waals surface area contributed by atoms with Crippen LogP contribution in [0.3, 0.4) is 0 Å². The zero-order chi connectivity index (χ0) is 19.6. The minimum absolute atomic E-state index is 0.0179. The van der Waals surface area contributed by atoms with Crippen molar-refractivity contribution < 1.29 is 18.0 Å². The topological polar surface area (TPSA) is 97.5 Å². The lowest BCUT2D eigenvalue weighted by Gasteiger charge is -2.15. The molecule has 0 unspecified atom stereocenters. The zero-order valence-corrected chi connectivity index (χ0v) is 16.2. The van der Waals surface area contributed by atoms with E-state index in [1.54, 1.807) is 24.3 Å². The number of nitrogens with two attached hydrogens (primary N) is 1. The molecule has 0 aromatic heterocycles. The molecule has 0 saturated carbocycles. The van der Waals surface area contributed by atoms with Gasteiger partial charge >= 0.3 is 0 Å². The van der Waals surface area contributed by atoms with Gasteiger partial charge in [-0.2, -0.15) is 0 Å². The van der Waals surface area contributed by atoms with Crippen molar-refractivity contribution in [1.29, 1.82) is 0 Å². The maximum absolute atomic E-state index is 13.0. The van der Waals surface area contributed by atoms with Crippen LogP contribution in [0.5, 0.6) is 0 Å². The largest absolute Gasteiger partial charge is 0.269 e. The molecular formula is C19H18N2O4S2. The van der Waals surface area contributed by atoms with Crippen LogP contribution in [-0.2, 0) is 26.2 Å². The number of primary sulfonamides is 1. The lowest BCUT2D eigenvalue weighted by molar-refractivity contribution is -0.137. The number of sulfonamides is 1. The fraction of sp³-hybridized carbons (Fsp3) is 0.158. The van der Waals surface area contributed by atoms with E-state index in [0.717, 1.165) is 0 Å². The highest BCUT2D eigenvalue weighted by atomic mass is 32.2. The first-order valence-electron chi connectivity index (χ1n) is 8.23. The summed E-state index contributed by atoms with van der Waals surface area (Å²) in [4.78, 5) is 27.4. The van der Waals surface area contributed by atoms with Crippen molar-refractivity contribution in [2.75, 3.05) is 5.75 Å². The van der Waals surface area contributed by atoms with E-state index in [0.29, 0.717) is 27.4 Å². The summed E-state index contributed by atoms with van der Waals surface area (Å²) < 4.78 is 22.7. The second-order valence-corrected chi connectivity index (χ2v) is 8.72. The smallest absolute Gasteiger partial charge is 0.268 e. The second-order valence-electron chi connectivity index (χ2n) is 5.89. The highest BCUT2D eigenvalue weighted by molar-refractivity contribution is 8.04. The lowest BCUT2D eigenvalue weighted by Crippen LogP contribution is -2.31. The van der Waals surface area contributed by atoms with Gasteiger partial charge in [0.25, 0.3) is 11.8 Å². The van der Waals surface area contributed by atoms with Crippen LogP contribution in [0.1, 0.15) is 18.1 Å². The van der Waals surface area contributed by atoms with E-state index >= 15 is 0 Å². The Balaban J connectivity index is 1.90. The van der Waals surface area contributed by atoms with Crippen LogP contribution in [0, 0.1) is 0 Å². The molecule has 27 heavy (non-hydrogen) atoms. The van der Waals surface area contributed by atoms with Gasteiger partial charge in [-0.1, -0.05) is 49.4 Å². The van der Waals surface area contributed by atoms with Crippen LogP contribution in [0.4, 0.5) is 0 Å². The van der Waals surface area contributed by atoms with Gasteiger partial charge in [-0.15, -0.1) is 11.8 Å². The Morgan fingerprint density at radius 2 is 1.59 bits per heavy atom. The Bertz CT molecular complexity index is 1010. The number of hydrogen-bond donors (Lipinski definition) is 1. The monoisotopic (exact) mass is 402 g/mol. The van der Waals surface area contributed by atoms with Gasteiger partial charge in [0, 0.05) is 0 Å². The van der Waals surface area contributed by atoms with Gasteiger partial charge in [0.15, 0.2) is 0 Å².